The van der Waals surface area contributed by atoms with Crippen LogP contribution < -0.4 is 5.32 Å². The lowest BCUT2D eigenvalue weighted by Gasteiger charge is -2.08. The van der Waals surface area contributed by atoms with Crippen LogP contribution in [0, 0.1) is 13.8 Å². The van der Waals surface area contributed by atoms with Gasteiger partial charge in [0.25, 0.3) is 0 Å². The molecule has 2 aromatic rings. The van der Waals surface area contributed by atoms with E-state index in [2.05, 4.69) is 21.5 Å². The van der Waals surface area contributed by atoms with Crippen molar-refractivity contribution in [3.05, 3.63) is 40.3 Å². The Morgan fingerprint density at radius 3 is 2.80 bits per heavy atom. The van der Waals surface area contributed by atoms with Crippen molar-refractivity contribution < 1.29 is 4.74 Å². The summed E-state index contributed by atoms with van der Waals surface area (Å²) in [5.41, 5.74) is 3.01. The fraction of sp³-hybridized carbons (Fsp3) is 0.429. The summed E-state index contributed by atoms with van der Waals surface area (Å²) < 4.78 is 6.71. The molecule has 0 saturated heterocycles. The SMILES string of the molecule is COCCNCc1cnc(-n2cc(Cl)c(C)n2)c(C)c1. The van der Waals surface area contributed by atoms with Gasteiger partial charge in [0.1, 0.15) is 0 Å². The second-order valence-electron chi connectivity index (χ2n) is 4.66. The van der Waals surface area contributed by atoms with Crippen molar-refractivity contribution in [3.8, 4) is 5.82 Å². The Kier molecular flexibility index (Phi) is 5.11. The van der Waals surface area contributed by atoms with Crippen LogP contribution in [-0.2, 0) is 11.3 Å². The molecule has 20 heavy (non-hydrogen) atoms. The average Bonchev–Trinajstić information content (AvgIpc) is 2.75. The predicted octanol–water partition coefficient (Wildman–Crippen LogP) is 2.27. The lowest BCUT2D eigenvalue weighted by molar-refractivity contribution is 0.199. The minimum atomic E-state index is 0.650. The van der Waals surface area contributed by atoms with Crippen LogP contribution in [0.5, 0.6) is 0 Å². The Hall–Kier alpha value is -1.43. The molecule has 5 nitrogen and oxygen atoms in total. The van der Waals surface area contributed by atoms with Gasteiger partial charge in [-0.15, -0.1) is 0 Å². The summed E-state index contributed by atoms with van der Waals surface area (Å²) in [5.74, 6) is 0.806. The van der Waals surface area contributed by atoms with Crippen LogP contribution in [0.4, 0.5) is 0 Å². The number of halogens is 1. The van der Waals surface area contributed by atoms with Crippen LogP contribution in [-0.4, -0.2) is 35.0 Å². The van der Waals surface area contributed by atoms with Crippen molar-refractivity contribution in [2.45, 2.75) is 20.4 Å². The zero-order valence-electron chi connectivity index (χ0n) is 12.0. The van der Waals surface area contributed by atoms with E-state index in [1.165, 1.54) is 0 Å². The summed E-state index contributed by atoms with van der Waals surface area (Å²) in [6.45, 7) is 6.20. The van der Waals surface area contributed by atoms with Crippen molar-refractivity contribution in [3.63, 3.8) is 0 Å². The molecule has 0 unspecified atom stereocenters. The van der Waals surface area contributed by atoms with Gasteiger partial charge in [-0.3, -0.25) is 0 Å². The lowest BCUT2D eigenvalue weighted by Crippen LogP contribution is -2.18. The van der Waals surface area contributed by atoms with Gasteiger partial charge in [-0.1, -0.05) is 11.6 Å². The monoisotopic (exact) mass is 294 g/mol. The highest BCUT2D eigenvalue weighted by Crippen LogP contribution is 2.17. The first-order valence-electron chi connectivity index (χ1n) is 6.49. The number of hydrogen-bond donors (Lipinski definition) is 1. The van der Waals surface area contributed by atoms with E-state index in [1.807, 2.05) is 20.0 Å². The third-order valence-electron chi connectivity index (χ3n) is 2.98. The molecule has 0 radical (unpaired) electrons. The van der Waals surface area contributed by atoms with Gasteiger partial charge < -0.3 is 10.1 Å². The van der Waals surface area contributed by atoms with Crippen molar-refractivity contribution in [1.82, 2.24) is 20.1 Å². The molecule has 0 atom stereocenters. The number of methoxy groups -OCH3 is 1. The second-order valence-corrected chi connectivity index (χ2v) is 5.07. The summed E-state index contributed by atoms with van der Waals surface area (Å²) in [7, 11) is 1.69. The minimum absolute atomic E-state index is 0.650. The van der Waals surface area contributed by atoms with Gasteiger partial charge in [-0.25, -0.2) is 9.67 Å². The predicted molar refractivity (Wildman–Crippen MR) is 79.4 cm³/mol. The first kappa shape index (κ1) is 15.0. The molecule has 0 spiro atoms. The smallest absolute Gasteiger partial charge is 0.156 e. The lowest BCUT2D eigenvalue weighted by atomic mass is 10.2. The zero-order chi connectivity index (χ0) is 14.5. The molecule has 0 aliphatic carbocycles. The Morgan fingerprint density at radius 1 is 1.40 bits per heavy atom. The van der Waals surface area contributed by atoms with Gasteiger partial charge in [0.05, 0.1) is 23.5 Å². The molecule has 0 aromatic carbocycles. The van der Waals surface area contributed by atoms with Crippen LogP contribution in [0.25, 0.3) is 5.82 Å². The van der Waals surface area contributed by atoms with Crippen molar-refractivity contribution in [2.75, 3.05) is 20.3 Å². The maximum absolute atomic E-state index is 6.03. The molecule has 0 amide bonds. The molecule has 2 heterocycles. The van der Waals surface area contributed by atoms with E-state index in [1.54, 1.807) is 18.0 Å². The number of ether oxygens (including phenoxy) is 1. The molecule has 2 aromatic heterocycles. The number of hydrogen-bond acceptors (Lipinski definition) is 4. The van der Waals surface area contributed by atoms with Gasteiger partial charge >= 0.3 is 0 Å². The molecule has 0 aliphatic heterocycles. The molecule has 108 valence electrons. The van der Waals surface area contributed by atoms with Gasteiger partial charge in [-0.05, 0) is 31.0 Å². The highest BCUT2D eigenvalue weighted by atomic mass is 35.5. The molecular formula is C14H19ClN4O. The maximum Gasteiger partial charge on any atom is 0.156 e. The number of aryl methyl sites for hydroxylation is 2. The van der Waals surface area contributed by atoms with Crippen LogP contribution >= 0.6 is 11.6 Å². The number of nitrogens with one attached hydrogen (secondary N) is 1. The minimum Gasteiger partial charge on any atom is -0.383 e. The second kappa shape index (κ2) is 6.83. The van der Waals surface area contributed by atoms with E-state index in [-0.39, 0.29) is 0 Å². The fourth-order valence-electron chi connectivity index (χ4n) is 1.92. The highest BCUT2D eigenvalue weighted by molar-refractivity contribution is 6.31. The Labute approximate surface area is 123 Å². The van der Waals surface area contributed by atoms with E-state index in [4.69, 9.17) is 16.3 Å². The van der Waals surface area contributed by atoms with Crippen molar-refractivity contribution in [1.29, 1.82) is 0 Å². The van der Waals surface area contributed by atoms with E-state index in [9.17, 15) is 0 Å². The molecule has 0 fully saturated rings. The maximum atomic E-state index is 6.03. The third kappa shape index (κ3) is 3.56. The van der Waals surface area contributed by atoms with Crippen LogP contribution in [0.3, 0.4) is 0 Å². The average molecular weight is 295 g/mol. The molecule has 6 heteroatoms. The first-order chi connectivity index (χ1) is 9.61. The highest BCUT2D eigenvalue weighted by Gasteiger charge is 2.08. The number of rotatable bonds is 6. The molecule has 0 bridgehead atoms. The summed E-state index contributed by atoms with van der Waals surface area (Å²) in [6.07, 6.45) is 3.63. The van der Waals surface area contributed by atoms with E-state index < -0.39 is 0 Å². The number of nitrogens with zero attached hydrogens (tertiary/aromatic N) is 3. The van der Waals surface area contributed by atoms with Gasteiger partial charge in [-0.2, -0.15) is 5.10 Å². The van der Waals surface area contributed by atoms with Crippen molar-refractivity contribution in [2.24, 2.45) is 0 Å². The standard InChI is InChI=1S/C14H19ClN4O/c1-10-6-12(7-16-4-5-20-3)8-17-14(10)19-9-13(15)11(2)18-19/h6,8-9,16H,4-5,7H2,1-3H3. The normalized spacial score (nSPS) is 11.0. The van der Waals surface area contributed by atoms with Crippen LogP contribution in [0.15, 0.2) is 18.5 Å². The summed E-state index contributed by atoms with van der Waals surface area (Å²) in [5, 5.41) is 8.29. The molecular weight excluding hydrogens is 276 g/mol. The first-order valence-corrected chi connectivity index (χ1v) is 6.87. The largest absolute Gasteiger partial charge is 0.383 e. The molecule has 1 N–H and O–H groups in total. The van der Waals surface area contributed by atoms with Gasteiger partial charge in [0.2, 0.25) is 0 Å². The quantitative estimate of drug-likeness (QED) is 0.831. The summed E-state index contributed by atoms with van der Waals surface area (Å²) >= 11 is 6.03. The Bertz CT molecular complexity index is 563. The van der Waals surface area contributed by atoms with Crippen LogP contribution in [0.2, 0.25) is 5.02 Å². The van der Waals surface area contributed by atoms with E-state index in [0.29, 0.717) is 11.6 Å². The molecule has 0 saturated carbocycles. The topological polar surface area (TPSA) is 52.0 Å². The Balaban J connectivity index is 2.09. The molecule has 0 aliphatic rings. The van der Waals surface area contributed by atoms with Crippen LogP contribution in [0.1, 0.15) is 16.8 Å². The molecule has 2 rings (SSSR count). The van der Waals surface area contributed by atoms with E-state index in [0.717, 1.165) is 35.7 Å². The number of aromatic nitrogens is 3. The van der Waals surface area contributed by atoms with Gasteiger partial charge in [0, 0.05) is 26.4 Å². The van der Waals surface area contributed by atoms with E-state index >= 15 is 0 Å². The third-order valence-corrected chi connectivity index (χ3v) is 3.35. The van der Waals surface area contributed by atoms with Crippen molar-refractivity contribution >= 4 is 11.6 Å². The zero-order valence-corrected chi connectivity index (χ0v) is 12.7. The summed E-state index contributed by atoms with van der Waals surface area (Å²) in [6, 6.07) is 2.10. The number of pyridine rings is 1. The Morgan fingerprint density at radius 2 is 2.20 bits per heavy atom. The summed E-state index contributed by atoms with van der Waals surface area (Å²) in [4.78, 5) is 4.47. The van der Waals surface area contributed by atoms with Gasteiger partial charge in [0.15, 0.2) is 5.82 Å². The fourth-order valence-corrected chi connectivity index (χ4v) is 2.05.